The summed E-state index contributed by atoms with van der Waals surface area (Å²) in [4.78, 5) is 10.7. The van der Waals surface area contributed by atoms with Gasteiger partial charge in [-0.1, -0.05) is 15.9 Å². The third-order valence-corrected chi connectivity index (χ3v) is 2.88. The maximum absolute atomic E-state index is 10.9. The highest BCUT2D eigenvalue weighted by Gasteiger charge is 2.13. The lowest BCUT2D eigenvalue weighted by Crippen LogP contribution is -2.30. The Balaban J connectivity index is 3.26. The van der Waals surface area contributed by atoms with Crippen LogP contribution in [0.5, 0.6) is 0 Å². The van der Waals surface area contributed by atoms with Gasteiger partial charge in [-0.15, -0.1) is 0 Å². The molecule has 0 radical (unpaired) electrons. The summed E-state index contributed by atoms with van der Waals surface area (Å²) in [5.41, 5.74) is 0. The predicted molar refractivity (Wildman–Crippen MR) is 60.6 cm³/mol. The van der Waals surface area contributed by atoms with E-state index in [1.54, 1.807) is 0 Å². The zero-order valence-corrected chi connectivity index (χ0v) is 10.4. The van der Waals surface area contributed by atoms with E-state index < -0.39 is 0 Å². The Morgan fingerprint density at radius 1 is 1.69 bits per heavy atom. The number of hydrogen-bond donors (Lipinski definition) is 1. The summed E-state index contributed by atoms with van der Waals surface area (Å²) < 4.78 is 4.56. The largest absolute Gasteiger partial charge is 0.468 e. The number of hydrogen-bond acceptors (Lipinski definition) is 4. The van der Waals surface area contributed by atoms with Crippen molar-refractivity contribution in [2.24, 2.45) is 0 Å². The first kappa shape index (κ1) is 13.3. The minimum absolute atomic E-state index is 0.225. The molecular weight excluding hydrogens is 254 g/mol. The molecule has 0 heterocycles. The lowest BCUT2D eigenvalue weighted by molar-refractivity contribution is -0.139. The number of nitrogens with one attached hydrogen (secondary N) is 1. The second kappa shape index (κ2) is 8.84. The molecule has 0 aliphatic rings. The molecule has 0 saturated carbocycles. The van der Waals surface area contributed by atoms with Gasteiger partial charge in [0, 0.05) is 6.54 Å². The van der Waals surface area contributed by atoms with Crippen molar-refractivity contribution in [1.29, 1.82) is 0 Å². The van der Waals surface area contributed by atoms with Crippen LogP contribution in [0.4, 0.5) is 0 Å². The fraction of sp³-hybridized carbons (Fsp3) is 0.875. The Labute approximate surface area is 92.1 Å². The standard InChI is InChI=1S/C8H16BrNO2S/c1-12-8(11)7(9)6-10-4-3-5-13-2/h7,10H,3-6H2,1-2H3. The molecule has 0 aromatic carbocycles. The van der Waals surface area contributed by atoms with Crippen LogP contribution in [0.2, 0.25) is 0 Å². The quantitative estimate of drug-likeness (QED) is 0.429. The Bertz CT molecular complexity index is 146. The van der Waals surface area contributed by atoms with Crippen LogP contribution in [-0.4, -0.2) is 43.0 Å². The van der Waals surface area contributed by atoms with Gasteiger partial charge in [-0.2, -0.15) is 11.8 Å². The molecular formula is C8H16BrNO2S. The van der Waals surface area contributed by atoms with Crippen molar-refractivity contribution < 1.29 is 9.53 Å². The summed E-state index contributed by atoms with van der Waals surface area (Å²) in [5.74, 6) is 0.926. The van der Waals surface area contributed by atoms with Gasteiger partial charge in [0.05, 0.1) is 7.11 Å². The number of methoxy groups -OCH3 is 1. The molecule has 1 N–H and O–H groups in total. The van der Waals surface area contributed by atoms with E-state index in [-0.39, 0.29) is 10.8 Å². The normalized spacial score (nSPS) is 12.5. The minimum atomic E-state index is -0.230. The summed E-state index contributed by atoms with van der Waals surface area (Å²) in [6, 6.07) is 0. The highest BCUT2D eigenvalue weighted by atomic mass is 79.9. The first-order valence-corrected chi connectivity index (χ1v) is 6.45. The average molecular weight is 270 g/mol. The van der Waals surface area contributed by atoms with Crippen LogP contribution in [0.3, 0.4) is 0 Å². The van der Waals surface area contributed by atoms with Gasteiger partial charge in [-0.25, -0.2) is 0 Å². The van der Waals surface area contributed by atoms with E-state index in [1.807, 2.05) is 11.8 Å². The van der Waals surface area contributed by atoms with Crippen LogP contribution < -0.4 is 5.32 Å². The van der Waals surface area contributed by atoms with Gasteiger partial charge in [0.15, 0.2) is 0 Å². The Morgan fingerprint density at radius 3 is 2.92 bits per heavy atom. The van der Waals surface area contributed by atoms with E-state index in [9.17, 15) is 4.79 Å². The van der Waals surface area contributed by atoms with Crippen molar-refractivity contribution in [3.05, 3.63) is 0 Å². The van der Waals surface area contributed by atoms with Crippen LogP contribution in [0.1, 0.15) is 6.42 Å². The number of carbonyl (C=O) groups is 1. The minimum Gasteiger partial charge on any atom is -0.468 e. The van der Waals surface area contributed by atoms with E-state index in [0.29, 0.717) is 6.54 Å². The molecule has 0 amide bonds. The molecule has 1 unspecified atom stereocenters. The molecule has 0 aromatic rings. The first-order valence-electron chi connectivity index (χ1n) is 4.14. The van der Waals surface area contributed by atoms with E-state index in [1.165, 1.54) is 7.11 Å². The number of esters is 1. The molecule has 0 aliphatic heterocycles. The van der Waals surface area contributed by atoms with E-state index in [0.717, 1.165) is 18.7 Å². The number of alkyl halides is 1. The second-order valence-electron chi connectivity index (χ2n) is 2.54. The SMILES string of the molecule is COC(=O)C(Br)CNCCCSC. The number of ether oxygens (including phenoxy) is 1. The van der Waals surface area contributed by atoms with Crippen LogP contribution in [0, 0.1) is 0 Å². The van der Waals surface area contributed by atoms with Gasteiger partial charge in [0.2, 0.25) is 0 Å². The molecule has 0 aromatic heterocycles. The van der Waals surface area contributed by atoms with Crippen LogP contribution in [0.15, 0.2) is 0 Å². The van der Waals surface area contributed by atoms with Gasteiger partial charge in [-0.05, 0) is 25.0 Å². The summed E-state index contributed by atoms with van der Waals surface area (Å²) >= 11 is 5.06. The van der Waals surface area contributed by atoms with Crippen molar-refractivity contribution in [1.82, 2.24) is 5.32 Å². The van der Waals surface area contributed by atoms with Gasteiger partial charge in [0.25, 0.3) is 0 Å². The fourth-order valence-electron chi connectivity index (χ4n) is 0.782. The molecule has 0 aliphatic carbocycles. The zero-order valence-electron chi connectivity index (χ0n) is 8.01. The maximum Gasteiger partial charge on any atom is 0.320 e. The van der Waals surface area contributed by atoms with Crippen LogP contribution in [-0.2, 0) is 9.53 Å². The third-order valence-electron chi connectivity index (χ3n) is 1.48. The zero-order chi connectivity index (χ0) is 10.1. The Kier molecular flexibility index (Phi) is 9.02. The summed E-state index contributed by atoms with van der Waals surface area (Å²) in [6.45, 7) is 1.57. The second-order valence-corrected chi connectivity index (χ2v) is 4.63. The van der Waals surface area contributed by atoms with E-state index in [4.69, 9.17) is 0 Å². The number of thioether (sulfide) groups is 1. The van der Waals surface area contributed by atoms with Gasteiger partial charge in [-0.3, -0.25) is 4.79 Å². The van der Waals surface area contributed by atoms with Crippen molar-refractivity contribution in [2.45, 2.75) is 11.2 Å². The smallest absolute Gasteiger partial charge is 0.320 e. The first-order chi connectivity index (χ1) is 6.22. The molecule has 5 heteroatoms. The highest BCUT2D eigenvalue weighted by Crippen LogP contribution is 2.00. The van der Waals surface area contributed by atoms with Crippen LogP contribution in [0.25, 0.3) is 0 Å². The lowest BCUT2D eigenvalue weighted by atomic mass is 10.4. The van der Waals surface area contributed by atoms with Crippen molar-refractivity contribution in [2.75, 3.05) is 32.2 Å². The molecule has 0 bridgehead atoms. The molecule has 13 heavy (non-hydrogen) atoms. The molecule has 3 nitrogen and oxygen atoms in total. The molecule has 78 valence electrons. The van der Waals surface area contributed by atoms with Gasteiger partial charge in [0.1, 0.15) is 4.83 Å². The number of halogens is 1. The lowest BCUT2D eigenvalue weighted by Gasteiger charge is -2.08. The topological polar surface area (TPSA) is 38.3 Å². The third kappa shape index (κ3) is 7.34. The average Bonchev–Trinajstić information content (AvgIpc) is 2.16. The number of rotatable bonds is 7. The highest BCUT2D eigenvalue weighted by molar-refractivity contribution is 9.10. The van der Waals surface area contributed by atoms with E-state index in [2.05, 4.69) is 32.2 Å². The van der Waals surface area contributed by atoms with E-state index >= 15 is 0 Å². The number of carbonyl (C=O) groups excluding carboxylic acids is 1. The van der Waals surface area contributed by atoms with Crippen molar-refractivity contribution in [3.8, 4) is 0 Å². The Morgan fingerprint density at radius 2 is 2.38 bits per heavy atom. The maximum atomic E-state index is 10.9. The van der Waals surface area contributed by atoms with Crippen LogP contribution >= 0.6 is 27.7 Å². The molecule has 1 atom stereocenters. The predicted octanol–water partition coefficient (Wildman–Crippen LogP) is 1.27. The summed E-state index contributed by atoms with van der Waals surface area (Å²) in [7, 11) is 1.39. The van der Waals surface area contributed by atoms with Crippen molar-refractivity contribution >= 4 is 33.7 Å². The molecule has 0 saturated heterocycles. The molecule has 0 rings (SSSR count). The monoisotopic (exact) mass is 269 g/mol. The Hall–Kier alpha value is 0.260. The molecule has 0 fully saturated rings. The van der Waals surface area contributed by atoms with Gasteiger partial charge >= 0.3 is 5.97 Å². The fourth-order valence-corrected chi connectivity index (χ4v) is 1.63. The summed E-state index contributed by atoms with van der Waals surface area (Å²) in [6.07, 6.45) is 3.21. The molecule has 0 spiro atoms. The van der Waals surface area contributed by atoms with Crippen molar-refractivity contribution in [3.63, 3.8) is 0 Å². The van der Waals surface area contributed by atoms with Gasteiger partial charge < -0.3 is 10.1 Å². The summed E-state index contributed by atoms with van der Waals surface area (Å²) in [5, 5.41) is 3.17.